The third-order valence-electron chi connectivity index (χ3n) is 4.98. The Morgan fingerprint density at radius 1 is 0.842 bits per heavy atom. The first-order valence-electron chi connectivity index (χ1n) is 7.73. The summed E-state index contributed by atoms with van der Waals surface area (Å²) >= 11 is 0. The quantitative estimate of drug-likeness (QED) is 0.849. The predicted octanol–water partition coefficient (Wildman–Crippen LogP) is 2.76. The zero-order valence-electron chi connectivity index (χ0n) is 12.6. The third kappa shape index (κ3) is 4.45. The summed E-state index contributed by atoms with van der Waals surface area (Å²) in [5.41, 5.74) is 0.434. The standard InChI is InChI=1S/C15H29NO2S/c1-15(2,3)12-4-6-13(7-5-12)16-14-8-10-19(17,18)11-9-14/h12-14,16H,4-11H2,1-3H3. The second kappa shape index (κ2) is 5.72. The second-order valence-corrected chi connectivity index (χ2v) is 9.81. The summed E-state index contributed by atoms with van der Waals surface area (Å²) in [5, 5.41) is 3.70. The van der Waals surface area contributed by atoms with Crippen LogP contribution in [-0.2, 0) is 9.84 Å². The lowest BCUT2D eigenvalue weighted by Gasteiger charge is -2.38. The lowest BCUT2D eigenvalue weighted by atomic mass is 9.71. The van der Waals surface area contributed by atoms with Crippen molar-refractivity contribution in [3.8, 4) is 0 Å². The van der Waals surface area contributed by atoms with Crippen LogP contribution in [0.3, 0.4) is 0 Å². The number of nitrogens with one attached hydrogen (secondary N) is 1. The van der Waals surface area contributed by atoms with Gasteiger partial charge in [-0.2, -0.15) is 0 Å². The zero-order chi connectivity index (χ0) is 14.1. The van der Waals surface area contributed by atoms with Crippen LogP contribution >= 0.6 is 0 Å². The minimum absolute atomic E-state index is 0.377. The van der Waals surface area contributed by atoms with Crippen molar-refractivity contribution in [3.05, 3.63) is 0 Å². The third-order valence-corrected chi connectivity index (χ3v) is 6.69. The summed E-state index contributed by atoms with van der Waals surface area (Å²) < 4.78 is 22.8. The molecule has 0 aromatic heterocycles. The molecule has 0 radical (unpaired) electrons. The molecule has 0 bridgehead atoms. The van der Waals surface area contributed by atoms with E-state index in [0.717, 1.165) is 18.8 Å². The van der Waals surface area contributed by atoms with Crippen molar-refractivity contribution in [3.63, 3.8) is 0 Å². The molecule has 2 rings (SSSR count). The molecule has 2 fully saturated rings. The summed E-state index contributed by atoms with van der Waals surface area (Å²) in [4.78, 5) is 0. The molecule has 4 heteroatoms. The van der Waals surface area contributed by atoms with Gasteiger partial charge < -0.3 is 5.32 Å². The average Bonchev–Trinajstić information content (AvgIpc) is 2.31. The Hall–Kier alpha value is -0.0900. The summed E-state index contributed by atoms with van der Waals surface area (Å²) in [6.45, 7) is 7.03. The first-order chi connectivity index (χ1) is 8.76. The van der Waals surface area contributed by atoms with Crippen LogP contribution < -0.4 is 5.32 Å². The fourth-order valence-electron chi connectivity index (χ4n) is 3.52. The number of sulfone groups is 1. The highest BCUT2D eigenvalue weighted by Gasteiger charge is 2.31. The molecule has 1 saturated carbocycles. The molecule has 0 spiro atoms. The minimum Gasteiger partial charge on any atom is -0.311 e. The van der Waals surface area contributed by atoms with Crippen molar-refractivity contribution in [1.82, 2.24) is 5.32 Å². The maximum atomic E-state index is 11.4. The van der Waals surface area contributed by atoms with Crippen LogP contribution in [-0.4, -0.2) is 32.0 Å². The van der Waals surface area contributed by atoms with E-state index in [-0.39, 0.29) is 0 Å². The molecule has 0 atom stereocenters. The monoisotopic (exact) mass is 287 g/mol. The molecule has 0 amide bonds. The smallest absolute Gasteiger partial charge is 0.150 e. The molecule has 2 aliphatic rings. The van der Waals surface area contributed by atoms with Crippen LogP contribution in [0.1, 0.15) is 59.3 Å². The molecule has 1 aliphatic heterocycles. The Morgan fingerprint density at radius 2 is 1.32 bits per heavy atom. The number of hydrogen-bond acceptors (Lipinski definition) is 3. The van der Waals surface area contributed by atoms with Gasteiger partial charge in [0.2, 0.25) is 0 Å². The largest absolute Gasteiger partial charge is 0.311 e. The van der Waals surface area contributed by atoms with Gasteiger partial charge in [0.1, 0.15) is 9.84 Å². The zero-order valence-corrected chi connectivity index (χ0v) is 13.4. The van der Waals surface area contributed by atoms with E-state index in [1.165, 1.54) is 25.7 Å². The molecule has 19 heavy (non-hydrogen) atoms. The summed E-state index contributed by atoms with van der Waals surface area (Å²) in [5.74, 6) is 1.60. The van der Waals surface area contributed by atoms with Gasteiger partial charge in [-0.05, 0) is 49.9 Å². The lowest BCUT2D eigenvalue weighted by molar-refractivity contribution is 0.155. The van der Waals surface area contributed by atoms with E-state index >= 15 is 0 Å². The van der Waals surface area contributed by atoms with E-state index in [4.69, 9.17) is 0 Å². The number of rotatable bonds is 2. The molecular formula is C15H29NO2S. The van der Waals surface area contributed by atoms with E-state index in [1.807, 2.05) is 0 Å². The molecule has 1 saturated heterocycles. The number of hydrogen-bond donors (Lipinski definition) is 1. The predicted molar refractivity (Wildman–Crippen MR) is 80.0 cm³/mol. The van der Waals surface area contributed by atoms with E-state index in [0.29, 0.717) is 29.0 Å². The topological polar surface area (TPSA) is 46.2 Å². The van der Waals surface area contributed by atoms with E-state index in [2.05, 4.69) is 26.1 Å². The molecule has 1 N–H and O–H groups in total. The Morgan fingerprint density at radius 3 is 1.79 bits per heavy atom. The lowest BCUT2D eigenvalue weighted by Crippen LogP contribution is -2.45. The van der Waals surface area contributed by atoms with Crippen LogP contribution in [0.15, 0.2) is 0 Å². The molecule has 112 valence electrons. The highest BCUT2D eigenvalue weighted by Crippen LogP contribution is 2.37. The van der Waals surface area contributed by atoms with Gasteiger partial charge in [-0.3, -0.25) is 0 Å². The molecular weight excluding hydrogens is 258 g/mol. The van der Waals surface area contributed by atoms with Crippen LogP contribution in [0.4, 0.5) is 0 Å². The maximum Gasteiger partial charge on any atom is 0.150 e. The Balaban J connectivity index is 1.75. The van der Waals surface area contributed by atoms with Gasteiger partial charge in [-0.25, -0.2) is 8.42 Å². The van der Waals surface area contributed by atoms with Crippen LogP contribution in [0.2, 0.25) is 0 Å². The van der Waals surface area contributed by atoms with Gasteiger partial charge in [-0.15, -0.1) is 0 Å². The molecule has 0 unspecified atom stereocenters. The van der Waals surface area contributed by atoms with Crippen LogP contribution in [0.25, 0.3) is 0 Å². The van der Waals surface area contributed by atoms with Gasteiger partial charge in [0.15, 0.2) is 0 Å². The highest BCUT2D eigenvalue weighted by atomic mass is 32.2. The molecule has 0 aromatic rings. The van der Waals surface area contributed by atoms with E-state index in [1.54, 1.807) is 0 Å². The van der Waals surface area contributed by atoms with Crippen molar-refractivity contribution in [2.75, 3.05) is 11.5 Å². The van der Waals surface area contributed by atoms with Gasteiger partial charge in [0.05, 0.1) is 11.5 Å². The van der Waals surface area contributed by atoms with Crippen molar-refractivity contribution in [2.24, 2.45) is 11.3 Å². The summed E-state index contributed by atoms with van der Waals surface area (Å²) in [6.07, 6.45) is 6.75. The minimum atomic E-state index is -2.72. The Bertz CT molecular complexity index is 375. The van der Waals surface area contributed by atoms with E-state index in [9.17, 15) is 8.42 Å². The highest BCUT2D eigenvalue weighted by molar-refractivity contribution is 7.91. The molecule has 3 nitrogen and oxygen atoms in total. The molecule has 1 heterocycles. The average molecular weight is 287 g/mol. The maximum absolute atomic E-state index is 11.4. The SMILES string of the molecule is CC(C)(C)C1CCC(NC2CCS(=O)(=O)CC2)CC1. The normalized spacial score (nSPS) is 33.2. The van der Waals surface area contributed by atoms with Gasteiger partial charge >= 0.3 is 0 Å². The van der Waals surface area contributed by atoms with Gasteiger partial charge in [-0.1, -0.05) is 20.8 Å². The van der Waals surface area contributed by atoms with Gasteiger partial charge in [0, 0.05) is 12.1 Å². The summed E-state index contributed by atoms with van der Waals surface area (Å²) in [6, 6.07) is 1.05. The fourth-order valence-corrected chi connectivity index (χ4v) is 5.01. The first-order valence-corrected chi connectivity index (χ1v) is 9.55. The Labute approximate surface area is 118 Å². The van der Waals surface area contributed by atoms with Crippen molar-refractivity contribution in [2.45, 2.75) is 71.4 Å². The van der Waals surface area contributed by atoms with Crippen molar-refractivity contribution < 1.29 is 8.42 Å². The van der Waals surface area contributed by atoms with Crippen LogP contribution in [0, 0.1) is 11.3 Å². The van der Waals surface area contributed by atoms with E-state index < -0.39 is 9.84 Å². The van der Waals surface area contributed by atoms with Gasteiger partial charge in [0.25, 0.3) is 0 Å². The molecule has 1 aliphatic carbocycles. The summed E-state index contributed by atoms with van der Waals surface area (Å²) in [7, 11) is -2.72. The first kappa shape index (κ1) is 15.3. The fraction of sp³-hybridized carbons (Fsp3) is 1.00. The van der Waals surface area contributed by atoms with Crippen molar-refractivity contribution in [1.29, 1.82) is 0 Å². The van der Waals surface area contributed by atoms with Crippen molar-refractivity contribution >= 4 is 9.84 Å². The Kier molecular flexibility index (Phi) is 4.61. The molecule has 0 aromatic carbocycles. The van der Waals surface area contributed by atoms with Crippen LogP contribution in [0.5, 0.6) is 0 Å². The second-order valence-electron chi connectivity index (χ2n) is 7.51.